The number of aliphatic hydroxyl groups is 1. The zero-order valence-corrected chi connectivity index (χ0v) is 23.1. The van der Waals surface area contributed by atoms with Crippen LogP contribution in [0.5, 0.6) is 5.75 Å². The van der Waals surface area contributed by atoms with E-state index in [2.05, 4.69) is 20.8 Å². The number of carbonyl (C=O) groups is 2. The van der Waals surface area contributed by atoms with Crippen LogP contribution in [-0.4, -0.2) is 23.4 Å². The van der Waals surface area contributed by atoms with Gasteiger partial charge >= 0.3 is 0 Å². The molecule has 0 radical (unpaired) electrons. The summed E-state index contributed by atoms with van der Waals surface area (Å²) < 4.78 is 5.60. The number of rotatable bonds is 5. The Kier molecular flexibility index (Phi) is 6.96. The van der Waals surface area contributed by atoms with Crippen LogP contribution < -0.4 is 9.64 Å². The van der Waals surface area contributed by atoms with Crippen molar-refractivity contribution in [1.82, 2.24) is 0 Å². The molecule has 1 heterocycles. The number of halogens is 1. The Hall–Kier alpha value is -4.09. The van der Waals surface area contributed by atoms with Crippen LogP contribution in [0.3, 0.4) is 0 Å². The third-order valence-electron chi connectivity index (χ3n) is 7.07. The highest BCUT2D eigenvalue weighted by molar-refractivity contribution is 6.52. The number of fused-ring (bicyclic) bond motifs is 1. The molecule has 5 nitrogen and oxygen atoms in total. The van der Waals surface area contributed by atoms with Gasteiger partial charge in [0.05, 0.1) is 28.9 Å². The fraction of sp³-hybridized carbons (Fsp3) is 0.212. The lowest BCUT2D eigenvalue weighted by atomic mass is 9.85. The maximum absolute atomic E-state index is 13.7. The van der Waals surface area contributed by atoms with E-state index < -0.39 is 17.7 Å². The van der Waals surface area contributed by atoms with Gasteiger partial charge in [-0.25, -0.2) is 0 Å². The summed E-state index contributed by atoms with van der Waals surface area (Å²) in [5.74, 6) is -1.33. The van der Waals surface area contributed by atoms with Crippen LogP contribution >= 0.6 is 11.6 Å². The molecule has 0 saturated carbocycles. The first-order valence-corrected chi connectivity index (χ1v) is 13.3. The molecule has 1 fully saturated rings. The lowest BCUT2D eigenvalue weighted by Crippen LogP contribution is -2.29. The number of carbonyl (C=O) groups excluding carboxylic acids is 2. The minimum atomic E-state index is -0.864. The molecule has 1 atom stereocenters. The summed E-state index contributed by atoms with van der Waals surface area (Å²) in [6, 6.07) is 25.2. The molecule has 39 heavy (non-hydrogen) atoms. The van der Waals surface area contributed by atoms with Gasteiger partial charge in [-0.3, -0.25) is 14.5 Å². The topological polar surface area (TPSA) is 66.8 Å². The zero-order valence-electron chi connectivity index (χ0n) is 22.4. The van der Waals surface area contributed by atoms with Gasteiger partial charge in [-0.15, -0.1) is 0 Å². The third-order valence-corrected chi connectivity index (χ3v) is 7.40. The van der Waals surface area contributed by atoms with E-state index in [1.54, 1.807) is 18.2 Å². The first-order valence-electron chi connectivity index (χ1n) is 12.9. The Bertz CT molecular complexity index is 1610. The Morgan fingerprint density at radius 1 is 0.949 bits per heavy atom. The Morgan fingerprint density at radius 2 is 1.64 bits per heavy atom. The summed E-state index contributed by atoms with van der Waals surface area (Å²) in [5.41, 5.74) is 2.54. The minimum absolute atomic E-state index is 0.0213. The number of benzene rings is 4. The zero-order chi connectivity index (χ0) is 27.9. The fourth-order valence-corrected chi connectivity index (χ4v) is 5.27. The number of nitrogens with zero attached hydrogens (tertiary/aromatic N) is 1. The van der Waals surface area contributed by atoms with E-state index in [4.69, 9.17) is 16.3 Å². The third kappa shape index (κ3) is 4.79. The van der Waals surface area contributed by atoms with Crippen LogP contribution in [0.1, 0.15) is 50.4 Å². The van der Waals surface area contributed by atoms with Gasteiger partial charge in [-0.05, 0) is 53.1 Å². The SMILES string of the molecule is CCOc1ccc(Cl)c(/C(O)=C2\C(=O)C(=O)N(c3cccc4ccccc34)C2c2ccc(C(C)(C)C)cc2)c1. The van der Waals surface area contributed by atoms with Gasteiger partial charge in [0, 0.05) is 10.9 Å². The molecule has 0 spiro atoms. The number of anilines is 1. The highest BCUT2D eigenvalue weighted by atomic mass is 35.5. The average molecular weight is 540 g/mol. The monoisotopic (exact) mass is 539 g/mol. The number of hydrogen-bond acceptors (Lipinski definition) is 4. The standard InChI is InChI=1S/C33H30ClNO4/c1-5-39-23-17-18-26(34)25(19-23)30(36)28-29(21-13-15-22(16-14-21)33(2,3)4)35(32(38)31(28)37)27-12-8-10-20-9-6-7-11-24(20)27/h6-19,29,36H,5H2,1-4H3/b30-28+. The molecule has 4 aromatic carbocycles. The Morgan fingerprint density at radius 3 is 2.33 bits per heavy atom. The van der Waals surface area contributed by atoms with Gasteiger partial charge in [0.2, 0.25) is 0 Å². The molecule has 0 bridgehead atoms. The van der Waals surface area contributed by atoms with Crippen molar-refractivity contribution in [2.24, 2.45) is 0 Å². The van der Waals surface area contributed by atoms with Crippen LogP contribution in [0, 0.1) is 0 Å². The predicted octanol–water partition coefficient (Wildman–Crippen LogP) is 7.82. The molecule has 1 aliphatic heterocycles. The molecule has 1 amide bonds. The molecule has 1 saturated heterocycles. The van der Waals surface area contributed by atoms with Gasteiger partial charge in [0.15, 0.2) is 0 Å². The summed E-state index contributed by atoms with van der Waals surface area (Å²) in [5, 5.41) is 13.6. The molecule has 6 heteroatoms. The quantitative estimate of drug-likeness (QED) is 0.159. The van der Waals surface area contributed by atoms with Gasteiger partial charge < -0.3 is 9.84 Å². The molecular formula is C33H30ClNO4. The second kappa shape index (κ2) is 10.2. The first-order chi connectivity index (χ1) is 18.6. The number of ether oxygens (including phenoxy) is 1. The van der Waals surface area contributed by atoms with Crippen molar-refractivity contribution in [2.45, 2.75) is 39.2 Å². The van der Waals surface area contributed by atoms with Gasteiger partial charge in [0.25, 0.3) is 11.7 Å². The van der Waals surface area contributed by atoms with E-state index in [-0.39, 0.29) is 27.3 Å². The summed E-state index contributed by atoms with van der Waals surface area (Å²) in [7, 11) is 0. The van der Waals surface area contributed by atoms with Crippen molar-refractivity contribution < 1.29 is 19.4 Å². The van der Waals surface area contributed by atoms with E-state index in [9.17, 15) is 14.7 Å². The maximum atomic E-state index is 13.7. The molecular weight excluding hydrogens is 510 g/mol. The smallest absolute Gasteiger partial charge is 0.300 e. The average Bonchev–Trinajstić information content (AvgIpc) is 3.18. The Labute approximate surface area is 233 Å². The molecule has 1 aliphatic rings. The highest BCUT2D eigenvalue weighted by Crippen LogP contribution is 2.45. The van der Waals surface area contributed by atoms with Crippen LogP contribution in [0.2, 0.25) is 5.02 Å². The Balaban J connectivity index is 1.77. The normalized spacial score (nSPS) is 17.2. The van der Waals surface area contributed by atoms with Crippen molar-refractivity contribution in [3.63, 3.8) is 0 Å². The van der Waals surface area contributed by atoms with Gasteiger partial charge in [-0.2, -0.15) is 0 Å². The highest BCUT2D eigenvalue weighted by Gasteiger charge is 2.47. The summed E-state index contributed by atoms with van der Waals surface area (Å²) >= 11 is 6.49. The largest absolute Gasteiger partial charge is 0.507 e. The maximum Gasteiger partial charge on any atom is 0.300 e. The van der Waals surface area contributed by atoms with Crippen LogP contribution in [0.4, 0.5) is 5.69 Å². The summed E-state index contributed by atoms with van der Waals surface area (Å²) in [6.45, 7) is 8.64. The molecule has 0 aromatic heterocycles. The molecule has 1 unspecified atom stereocenters. The second-order valence-corrected chi connectivity index (χ2v) is 11.0. The second-order valence-electron chi connectivity index (χ2n) is 10.6. The van der Waals surface area contributed by atoms with Crippen LogP contribution in [-0.2, 0) is 15.0 Å². The van der Waals surface area contributed by atoms with Crippen LogP contribution in [0.15, 0.2) is 90.5 Å². The van der Waals surface area contributed by atoms with Crippen molar-refractivity contribution in [3.8, 4) is 5.75 Å². The number of amides is 1. The van der Waals surface area contributed by atoms with Gasteiger partial charge in [0.1, 0.15) is 11.5 Å². The molecule has 1 N–H and O–H groups in total. The molecule has 5 rings (SSSR count). The van der Waals surface area contributed by atoms with Crippen molar-refractivity contribution in [1.29, 1.82) is 0 Å². The molecule has 198 valence electrons. The van der Waals surface area contributed by atoms with Crippen molar-refractivity contribution >= 4 is 45.5 Å². The first kappa shape index (κ1) is 26.5. The van der Waals surface area contributed by atoms with E-state index >= 15 is 0 Å². The lowest BCUT2D eigenvalue weighted by molar-refractivity contribution is -0.132. The number of hydrogen-bond donors (Lipinski definition) is 1. The van der Waals surface area contributed by atoms with Crippen LogP contribution in [0.25, 0.3) is 16.5 Å². The fourth-order valence-electron chi connectivity index (χ4n) is 5.07. The van der Waals surface area contributed by atoms with Crippen molar-refractivity contribution in [3.05, 3.63) is 112 Å². The van der Waals surface area contributed by atoms with E-state index in [0.29, 0.717) is 23.6 Å². The number of ketones is 1. The van der Waals surface area contributed by atoms with E-state index in [0.717, 1.165) is 16.3 Å². The molecule has 0 aliphatic carbocycles. The van der Waals surface area contributed by atoms with E-state index in [1.165, 1.54) is 4.90 Å². The minimum Gasteiger partial charge on any atom is -0.507 e. The number of Topliss-reactive ketones (excluding diaryl/α,β-unsaturated/α-hetero) is 1. The summed E-state index contributed by atoms with van der Waals surface area (Å²) in [6.07, 6.45) is 0. The molecule has 4 aromatic rings. The van der Waals surface area contributed by atoms with Gasteiger partial charge in [-0.1, -0.05) is 93.0 Å². The predicted molar refractivity (Wildman–Crippen MR) is 156 cm³/mol. The summed E-state index contributed by atoms with van der Waals surface area (Å²) in [4.78, 5) is 28.9. The lowest BCUT2D eigenvalue weighted by Gasteiger charge is -2.27. The number of aliphatic hydroxyl groups excluding tert-OH is 1. The van der Waals surface area contributed by atoms with E-state index in [1.807, 2.05) is 73.7 Å². The van der Waals surface area contributed by atoms with Crippen molar-refractivity contribution in [2.75, 3.05) is 11.5 Å².